The number of methoxy groups -OCH3 is 1. The van der Waals surface area contributed by atoms with Crippen LogP contribution >= 0.6 is 0 Å². The van der Waals surface area contributed by atoms with Crippen molar-refractivity contribution in [3.8, 4) is 5.75 Å². The van der Waals surface area contributed by atoms with Crippen LogP contribution < -0.4 is 30.7 Å². The Labute approximate surface area is 199 Å². The highest BCUT2D eigenvalue weighted by Crippen LogP contribution is 2.34. The average molecular weight is 490 g/mol. The number of ether oxygens (including phenoxy) is 1. The lowest BCUT2D eigenvalue weighted by molar-refractivity contribution is -0.118. The minimum atomic E-state index is -4.04. The van der Waals surface area contributed by atoms with Crippen molar-refractivity contribution >= 4 is 39.0 Å². The number of sulfonamides is 1. The van der Waals surface area contributed by atoms with Crippen LogP contribution in [-0.2, 0) is 14.8 Å². The molecule has 2 aromatic rings. The molecule has 3 amide bonds. The van der Waals surface area contributed by atoms with Gasteiger partial charge in [-0.3, -0.25) is 9.52 Å². The van der Waals surface area contributed by atoms with E-state index < -0.39 is 28.0 Å². The molecule has 1 atom stereocenters. The first-order valence-electron chi connectivity index (χ1n) is 11.0. The van der Waals surface area contributed by atoms with Crippen molar-refractivity contribution in [2.45, 2.75) is 37.6 Å². The Morgan fingerprint density at radius 1 is 1.09 bits per heavy atom. The van der Waals surface area contributed by atoms with Crippen LogP contribution in [0.1, 0.15) is 26.7 Å². The molecular formula is C23H31N5O5S. The van der Waals surface area contributed by atoms with E-state index in [4.69, 9.17) is 10.5 Å². The molecular weight excluding hydrogens is 458 g/mol. The van der Waals surface area contributed by atoms with Gasteiger partial charge in [-0.1, -0.05) is 26.0 Å². The van der Waals surface area contributed by atoms with Gasteiger partial charge in [-0.05, 0) is 49.1 Å². The quantitative estimate of drug-likeness (QED) is 0.427. The van der Waals surface area contributed by atoms with Crippen molar-refractivity contribution in [3.05, 3.63) is 42.5 Å². The number of rotatable bonds is 9. The third-order valence-electron chi connectivity index (χ3n) is 5.56. The third-order valence-corrected chi connectivity index (χ3v) is 6.96. The van der Waals surface area contributed by atoms with E-state index in [1.807, 2.05) is 4.90 Å². The predicted molar refractivity (Wildman–Crippen MR) is 132 cm³/mol. The summed E-state index contributed by atoms with van der Waals surface area (Å²) in [5, 5.41) is 5.12. The molecule has 0 bridgehead atoms. The van der Waals surface area contributed by atoms with E-state index >= 15 is 0 Å². The van der Waals surface area contributed by atoms with Crippen molar-refractivity contribution in [1.82, 2.24) is 5.32 Å². The number of carbonyl (C=O) groups is 2. The van der Waals surface area contributed by atoms with Gasteiger partial charge in [0.15, 0.2) is 0 Å². The van der Waals surface area contributed by atoms with Gasteiger partial charge >= 0.3 is 6.03 Å². The molecule has 2 aromatic carbocycles. The lowest BCUT2D eigenvalue weighted by Gasteiger charge is -2.24. The van der Waals surface area contributed by atoms with Crippen LogP contribution in [0.5, 0.6) is 5.75 Å². The molecule has 10 nitrogen and oxygen atoms in total. The Morgan fingerprint density at radius 3 is 2.38 bits per heavy atom. The molecule has 1 fully saturated rings. The highest BCUT2D eigenvalue weighted by molar-refractivity contribution is 7.93. The number of primary amides is 1. The number of benzene rings is 2. The molecule has 34 heavy (non-hydrogen) atoms. The molecule has 1 saturated heterocycles. The number of amides is 3. The number of nitrogens with zero attached hydrogens (tertiary/aromatic N) is 1. The fourth-order valence-electron chi connectivity index (χ4n) is 3.86. The molecule has 0 aliphatic carbocycles. The fraction of sp³-hybridized carbons (Fsp3) is 0.391. The van der Waals surface area contributed by atoms with Gasteiger partial charge in [-0.2, -0.15) is 0 Å². The van der Waals surface area contributed by atoms with E-state index in [1.165, 1.54) is 13.2 Å². The molecule has 1 heterocycles. The smallest absolute Gasteiger partial charge is 0.312 e. The maximum absolute atomic E-state index is 13.5. The van der Waals surface area contributed by atoms with Crippen LogP contribution in [0.25, 0.3) is 0 Å². The first-order valence-corrected chi connectivity index (χ1v) is 12.5. The van der Waals surface area contributed by atoms with E-state index in [1.54, 1.807) is 50.2 Å². The molecule has 3 rings (SSSR count). The maximum Gasteiger partial charge on any atom is 0.312 e. The van der Waals surface area contributed by atoms with Crippen molar-refractivity contribution in [1.29, 1.82) is 0 Å². The largest absolute Gasteiger partial charge is 0.495 e. The monoisotopic (exact) mass is 489 g/mol. The van der Waals surface area contributed by atoms with E-state index in [9.17, 15) is 18.0 Å². The van der Waals surface area contributed by atoms with Gasteiger partial charge in [0, 0.05) is 18.8 Å². The normalized spacial score (nSPS) is 14.5. The summed E-state index contributed by atoms with van der Waals surface area (Å²) in [6, 6.07) is 9.78. The van der Waals surface area contributed by atoms with Gasteiger partial charge in [-0.15, -0.1) is 0 Å². The number of anilines is 3. The van der Waals surface area contributed by atoms with Crippen LogP contribution in [0.3, 0.4) is 0 Å². The Balaban J connectivity index is 1.97. The molecule has 1 aliphatic rings. The second-order valence-corrected chi connectivity index (χ2v) is 10.1. The standard InChI is InChI=1S/C23H31N5O5S/c1-15(2)21(26-23(24)30)22(29)25-16-10-11-18(28-12-6-7-13-28)20(14-16)34(31,32)27-17-8-4-5-9-19(17)33-3/h4-5,8-11,14-15,21,27H,6-7,12-13H2,1-3H3,(H,25,29)(H3,24,26,30)/t21-/m0/s1. The Morgan fingerprint density at radius 2 is 1.76 bits per heavy atom. The summed E-state index contributed by atoms with van der Waals surface area (Å²) in [6.45, 7) is 5.01. The molecule has 184 valence electrons. The van der Waals surface area contributed by atoms with Gasteiger partial charge in [0.25, 0.3) is 10.0 Å². The van der Waals surface area contributed by atoms with E-state index in [2.05, 4.69) is 15.4 Å². The zero-order chi connectivity index (χ0) is 24.9. The summed E-state index contributed by atoms with van der Waals surface area (Å²) in [7, 11) is -2.58. The number of nitrogens with one attached hydrogen (secondary N) is 3. The van der Waals surface area contributed by atoms with Gasteiger partial charge in [0.1, 0.15) is 16.7 Å². The van der Waals surface area contributed by atoms with E-state index in [0.717, 1.165) is 25.9 Å². The van der Waals surface area contributed by atoms with Gasteiger partial charge in [0.2, 0.25) is 5.91 Å². The van der Waals surface area contributed by atoms with Crippen LogP contribution in [0.4, 0.5) is 21.9 Å². The summed E-state index contributed by atoms with van der Waals surface area (Å²) in [4.78, 5) is 26.1. The second-order valence-electron chi connectivity index (χ2n) is 8.40. The first-order chi connectivity index (χ1) is 16.1. The second kappa shape index (κ2) is 10.6. The van der Waals surface area contributed by atoms with Crippen molar-refractivity contribution in [3.63, 3.8) is 0 Å². The van der Waals surface area contributed by atoms with E-state index in [0.29, 0.717) is 17.1 Å². The highest BCUT2D eigenvalue weighted by atomic mass is 32.2. The van der Waals surface area contributed by atoms with Crippen molar-refractivity contribution in [2.75, 3.05) is 35.1 Å². The molecule has 0 spiro atoms. The lowest BCUT2D eigenvalue weighted by Crippen LogP contribution is -2.49. The fourth-order valence-corrected chi connectivity index (χ4v) is 5.19. The number of hydrogen-bond acceptors (Lipinski definition) is 6. The Bertz CT molecular complexity index is 1150. The number of urea groups is 1. The number of carbonyl (C=O) groups excluding carboxylic acids is 2. The van der Waals surface area contributed by atoms with Crippen molar-refractivity contribution < 1.29 is 22.7 Å². The number of para-hydroxylation sites is 2. The molecule has 0 radical (unpaired) electrons. The topological polar surface area (TPSA) is 143 Å². The van der Waals surface area contributed by atoms with E-state index in [-0.39, 0.29) is 16.5 Å². The first kappa shape index (κ1) is 25.2. The Kier molecular flexibility index (Phi) is 7.87. The number of hydrogen-bond donors (Lipinski definition) is 4. The summed E-state index contributed by atoms with van der Waals surface area (Å²) in [5.74, 6) is -0.342. The minimum Gasteiger partial charge on any atom is -0.495 e. The third kappa shape index (κ3) is 5.90. The average Bonchev–Trinajstić information content (AvgIpc) is 3.32. The van der Waals surface area contributed by atoms with Crippen LogP contribution in [0, 0.1) is 5.92 Å². The maximum atomic E-state index is 13.5. The zero-order valence-corrected chi connectivity index (χ0v) is 20.3. The predicted octanol–water partition coefficient (Wildman–Crippen LogP) is 2.73. The van der Waals surface area contributed by atoms with Gasteiger partial charge < -0.3 is 26.0 Å². The molecule has 0 unspecified atom stereocenters. The van der Waals surface area contributed by atoms with Crippen LogP contribution in [0.15, 0.2) is 47.4 Å². The lowest BCUT2D eigenvalue weighted by atomic mass is 10.0. The molecule has 11 heteroatoms. The highest BCUT2D eigenvalue weighted by Gasteiger charge is 2.27. The van der Waals surface area contributed by atoms with Gasteiger partial charge in [-0.25, -0.2) is 13.2 Å². The van der Waals surface area contributed by atoms with Crippen LogP contribution in [0.2, 0.25) is 0 Å². The zero-order valence-electron chi connectivity index (χ0n) is 19.5. The van der Waals surface area contributed by atoms with Gasteiger partial charge in [0.05, 0.1) is 18.5 Å². The number of nitrogens with two attached hydrogens (primary N) is 1. The summed E-state index contributed by atoms with van der Waals surface area (Å²) >= 11 is 0. The SMILES string of the molecule is COc1ccccc1NS(=O)(=O)c1cc(NC(=O)[C@@H](NC(N)=O)C(C)C)ccc1N1CCCC1. The Hall–Kier alpha value is -3.47. The minimum absolute atomic E-state index is 0.0297. The summed E-state index contributed by atoms with van der Waals surface area (Å²) < 4.78 is 34.9. The van der Waals surface area contributed by atoms with Crippen LogP contribution in [-0.4, -0.2) is 46.6 Å². The summed E-state index contributed by atoms with van der Waals surface area (Å²) in [5.41, 5.74) is 6.33. The van der Waals surface area contributed by atoms with Crippen molar-refractivity contribution in [2.24, 2.45) is 11.7 Å². The molecule has 0 saturated carbocycles. The molecule has 0 aromatic heterocycles. The molecule has 1 aliphatic heterocycles. The summed E-state index contributed by atoms with van der Waals surface area (Å²) in [6.07, 6.45) is 1.93. The molecule has 5 N–H and O–H groups in total.